The number of nitrogens with one attached hydrogen (secondary N) is 1. The number of hydrogen-bond acceptors (Lipinski definition) is 2. The van der Waals surface area contributed by atoms with Gasteiger partial charge < -0.3 is 5.32 Å². The average molecular weight is 150 g/mol. The summed E-state index contributed by atoms with van der Waals surface area (Å²) >= 11 is 0. The standard InChI is InChI=1S/C9H14N2/c10-5-7-1-2-8-4-9(3-7)11-6-8/h7-9,11H,1-4,6H2. The molecule has 1 saturated carbocycles. The molecule has 1 N–H and O–H groups in total. The second kappa shape index (κ2) is 2.83. The third-order valence-electron chi connectivity index (χ3n) is 2.99. The van der Waals surface area contributed by atoms with Gasteiger partial charge in [0.2, 0.25) is 0 Å². The van der Waals surface area contributed by atoms with Crippen molar-refractivity contribution in [3.63, 3.8) is 0 Å². The minimum Gasteiger partial charge on any atom is -0.314 e. The molecule has 1 heterocycles. The number of nitrogens with zero attached hydrogens (tertiary/aromatic N) is 1. The molecule has 0 aromatic carbocycles. The van der Waals surface area contributed by atoms with Gasteiger partial charge >= 0.3 is 0 Å². The van der Waals surface area contributed by atoms with Gasteiger partial charge in [0.25, 0.3) is 0 Å². The zero-order valence-corrected chi connectivity index (χ0v) is 6.71. The summed E-state index contributed by atoms with van der Waals surface area (Å²) in [6.07, 6.45) is 4.81. The van der Waals surface area contributed by atoms with E-state index in [4.69, 9.17) is 5.26 Å². The van der Waals surface area contributed by atoms with Crippen LogP contribution in [-0.2, 0) is 0 Å². The van der Waals surface area contributed by atoms with E-state index in [-0.39, 0.29) is 0 Å². The monoisotopic (exact) mass is 150 g/mol. The van der Waals surface area contributed by atoms with E-state index in [9.17, 15) is 0 Å². The van der Waals surface area contributed by atoms with Gasteiger partial charge in [0.1, 0.15) is 0 Å². The van der Waals surface area contributed by atoms with E-state index >= 15 is 0 Å². The minimum absolute atomic E-state index is 0.331. The van der Waals surface area contributed by atoms with Gasteiger partial charge in [0.05, 0.1) is 6.07 Å². The third kappa shape index (κ3) is 1.39. The fourth-order valence-corrected chi connectivity index (χ4v) is 2.32. The van der Waals surface area contributed by atoms with Gasteiger partial charge in [-0.25, -0.2) is 0 Å². The minimum atomic E-state index is 0.331. The summed E-state index contributed by atoms with van der Waals surface area (Å²) in [6.45, 7) is 1.20. The van der Waals surface area contributed by atoms with Crippen molar-refractivity contribution < 1.29 is 0 Å². The molecule has 1 aliphatic heterocycles. The van der Waals surface area contributed by atoms with E-state index < -0.39 is 0 Å². The zero-order valence-electron chi connectivity index (χ0n) is 6.71. The van der Waals surface area contributed by atoms with Crippen LogP contribution in [0.25, 0.3) is 0 Å². The number of fused-ring (bicyclic) bond motifs is 2. The van der Waals surface area contributed by atoms with Gasteiger partial charge in [-0.1, -0.05) is 0 Å². The lowest BCUT2D eigenvalue weighted by atomic mass is 9.98. The van der Waals surface area contributed by atoms with Crippen LogP contribution in [0, 0.1) is 23.2 Å². The maximum atomic E-state index is 8.77. The fourth-order valence-electron chi connectivity index (χ4n) is 2.32. The number of hydrogen-bond donors (Lipinski definition) is 1. The summed E-state index contributed by atoms with van der Waals surface area (Å²) in [5.41, 5.74) is 0. The Bertz CT molecular complexity index is 182. The molecule has 0 radical (unpaired) electrons. The lowest BCUT2D eigenvalue weighted by Gasteiger charge is -2.13. The molecule has 2 heteroatoms. The molecule has 2 nitrogen and oxygen atoms in total. The Morgan fingerprint density at radius 2 is 2.18 bits per heavy atom. The molecule has 0 spiro atoms. The summed E-state index contributed by atoms with van der Waals surface area (Å²) in [7, 11) is 0. The lowest BCUT2D eigenvalue weighted by Crippen LogP contribution is -2.25. The van der Waals surface area contributed by atoms with Gasteiger partial charge in [0.15, 0.2) is 0 Å². The second-order valence-electron chi connectivity index (χ2n) is 3.85. The van der Waals surface area contributed by atoms with Crippen molar-refractivity contribution in [2.24, 2.45) is 11.8 Å². The molecule has 2 bridgehead atoms. The van der Waals surface area contributed by atoms with E-state index in [1.54, 1.807) is 0 Å². The molecule has 1 saturated heterocycles. The van der Waals surface area contributed by atoms with E-state index in [0.717, 1.165) is 18.8 Å². The molecule has 2 rings (SSSR count). The molecule has 3 unspecified atom stereocenters. The van der Waals surface area contributed by atoms with Crippen molar-refractivity contribution in [1.29, 1.82) is 5.26 Å². The quantitative estimate of drug-likeness (QED) is 0.564. The summed E-state index contributed by atoms with van der Waals surface area (Å²) < 4.78 is 0. The Kier molecular flexibility index (Phi) is 1.83. The van der Waals surface area contributed by atoms with Gasteiger partial charge in [-0.2, -0.15) is 5.26 Å². The smallest absolute Gasteiger partial charge is 0.0656 e. The van der Waals surface area contributed by atoms with Gasteiger partial charge in [-0.3, -0.25) is 0 Å². The zero-order chi connectivity index (χ0) is 7.68. The van der Waals surface area contributed by atoms with Crippen LogP contribution in [0.3, 0.4) is 0 Å². The SMILES string of the molecule is N#CC1CCC2CNC(C1)C2. The van der Waals surface area contributed by atoms with Crippen molar-refractivity contribution in [2.75, 3.05) is 6.54 Å². The van der Waals surface area contributed by atoms with Crippen LogP contribution in [-0.4, -0.2) is 12.6 Å². The highest BCUT2D eigenvalue weighted by molar-refractivity contribution is 4.94. The first-order valence-electron chi connectivity index (χ1n) is 4.51. The molecule has 0 aromatic heterocycles. The average Bonchev–Trinajstić information content (AvgIpc) is 2.31. The van der Waals surface area contributed by atoms with Crippen molar-refractivity contribution in [3.05, 3.63) is 0 Å². The Morgan fingerprint density at radius 3 is 3.00 bits per heavy atom. The van der Waals surface area contributed by atoms with Crippen LogP contribution >= 0.6 is 0 Å². The van der Waals surface area contributed by atoms with E-state index in [1.165, 1.54) is 19.4 Å². The van der Waals surface area contributed by atoms with Crippen LogP contribution in [0.4, 0.5) is 0 Å². The van der Waals surface area contributed by atoms with Crippen molar-refractivity contribution in [1.82, 2.24) is 5.32 Å². The van der Waals surface area contributed by atoms with Crippen LogP contribution in [0.1, 0.15) is 25.7 Å². The Balaban J connectivity index is 2.01. The molecule has 1 aliphatic carbocycles. The Labute approximate surface area is 67.6 Å². The summed E-state index contributed by atoms with van der Waals surface area (Å²) in [4.78, 5) is 0. The van der Waals surface area contributed by atoms with Crippen LogP contribution in [0.15, 0.2) is 0 Å². The number of rotatable bonds is 0. The highest BCUT2D eigenvalue weighted by Crippen LogP contribution is 2.30. The van der Waals surface area contributed by atoms with E-state index in [1.807, 2.05) is 0 Å². The molecule has 0 amide bonds. The predicted octanol–water partition coefficient (Wildman–Crippen LogP) is 1.29. The normalized spacial score (nSPS) is 43.0. The predicted molar refractivity (Wildman–Crippen MR) is 42.9 cm³/mol. The molecule has 3 atom stereocenters. The van der Waals surface area contributed by atoms with Crippen LogP contribution < -0.4 is 5.32 Å². The number of nitriles is 1. The van der Waals surface area contributed by atoms with Crippen LogP contribution in [0.5, 0.6) is 0 Å². The first-order chi connectivity index (χ1) is 5.38. The van der Waals surface area contributed by atoms with Crippen LogP contribution in [0.2, 0.25) is 0 Å². The first kappa shape index (κ1) is 7.12. The second-order valence-corrected chi connectivity index (χ2v) is 3.85. The van der Waals surface area contributed by atoms with Gasteiger partial charge in [0, 0.05) is 12.0 Å². The third-order valence-corrected chi connectivity index (χ3v) is 2.99. The fraction of sp³-hybridized carbons (Fsp3) is 0.889. The van der Waals surface area contributed by atoms with Crippen molar-refractivity contribution in [2.45, 2.75) is 31.7 Å². The van der Waals surface area contributed by atoms with E-state index in [2.05, 4.69) is 11.4 Å². The highest BCUT2D eigenvalue weighted by Gasteiger charge is 2.30. The molecule has 2 aliphatic rings. The lowest BCUT2D eigenvalue weighted by molar-refractivity contribution is 0.445. The highest BCUT2D eigenvalue weighted by atomic mass is 14.9. The van der Waals surface area contributed by atoms with Crippen molar-refractivity contribution in [3.8, 4) is 6.07 Å². The van der Waals surface area contributed by atoms with Gasteiger partial charge in [-0.15, -0.1) is 0 Å². The molecular weight excluding hydrogens is 136 g/mol. The van der Waals surface area contributed by atoms with Crippen molar-refractivity contribution >= 4 is 0 Å². The summed E-state index contributed by atoms with van der Waals surface area (Å²) in [6, 6.07) is 3.05. The first-order valence-corrected chi connectivity index (χ1v) is 4.51. The molecule has 2 fully saturated rings. The maximum Gasteiger partial charge on any atom is 0.0656 e. The van der Waals surface area contributed by atoms with E-state index in [0.29, 0.717) is 12.0 Å². The maximum absolute atomic E-state index is 8.77. The molecule has 60 valence electrons. The summed E-state index contributed by atoms with van der Waals surface area (Å²) in [5, 5.41) is 12.2. The largest absolute Gasteiger partial charge is 0.314 e. The Morgan fingerprint density at radius 1 is 1.27 bits per heavy atom. The Hall–Kier alpha value is -0.550. The summed E-state index contributed by atoms with van der Waals surface area (Å²) in [5.74, 6) is 1.20. The molecule has 0 aromatic rings. The topological polar surface area (TPSA) is 35.8 Å². The molecular formula is C9H14N2. The van der Waals surface area contributed by atoms with Gasteiger partial charge in [-0.05, 0) is 38.1 Å². The molecule has 11 heavy (non-hydrogen) atoms.